The molecule has 2 N–H and O–H groups in total. The second kappa shape index (κ2) is 10.6. The van der Waals surface area contributed by atoms with Crippen LogP contribution in [0.4, 0.5) is 0 Å². The summed E-state index contributed by atoms with van der Waals surface area (Å²) < 4.78 is 17.4. The van der Waals surface area contributed by atoms with Crippen LogP contribution >= 0.6 is 0 Å². The zero-order valence-corrected chi connectivity index (χ0v) is 15.6. The molecule has 1 heterocycles. The first-order chi connectivity index (χ1) is 12.6. The van der Waals surface area contributed by atoms with E-state index in [1.165, 1.54) is 12.3 Å². The number of H-pyrrole nitrogens is 1. The van der Waals surface area contributed by atoms with Crippen LogP contribution in [0.15, 0.2) is 47.4 Å². The third-order valence-corrected chi connectivity index (χ3v) is 4.80. The summed E-state index contributed by atoms with van der Waals surface area (Å²) in [6, 6.07) is 11.2. The molecule has 26 heavy (non-hydrogen) atoms. The number of pyridine rings is 1. The van der Waals surface area contributed by atoms with E-state index in [4.69, 9.17) is 4.74 Å². The van der Waals surface area contributed by atoms with Crippen LogP contribution in [0.25, 0.3) is 0 Å². The number of hydrogen-bond acceptors (Lipinski definition) is 4. The molecule has 0 radical (unpaired) electrons. The van der Waals surface area contributed by atoms with E-state index in [1.807, 2.05) is 37.3 Å². The zero-order chi connectivity index (χ0) is 18.8. The van der Waals surface area contributed by atoms with Crippen molar-refractivity contribution in [2.75, 3.05) is 18.9 Å². The van der Waals surface area contributed by atoms with Crippen molar-refractivity contribution < 1.29 is 13.7 Å². The maximum Gasteiger partial charge on any atom is 0.232 e. The maximum atomic E-state index is 12.1. The van der Waals surface area contributed by atoms with Crippen LogP contribution in [0.1, 0.15) is 24.6 Å². The molecule has 1 aromatic heterocycles. The number of benzene rings is 1. The van der Waals surface area contributed by atoms with Crippen molar-refractivity contribution in [1.82, 2.24) is 10.3 Å². The molecule has 1 atom stereocenters. The fourth-order valence-electron chi connectivity index (χ4n) is 2.32. The van der Waals surface area contributed by atoms with Crippen LogP contribution in [-0.2, 0) is 27.8 Å². The summed E-state index contributed by atoms with van der Waals surface area (Å²) in [5.74, 6) is 0.0184. The fourth-order valence-corrected chi connectivity index (χ4v) is 3.33. The predicted molar refractivity (Wildman–Crippen MR) is 103 cm³/mol. The Morgan fingerprint density at radius 3 is 2.73 bits per heavy atom. The number of carbonyl (C=O) groups excluding carboxylic acids is 1. The van der Waals surface area contributed by atoms with Gasteiger partial charge in [-0.05, 0) is 18.4 Å². The number of nitrogens with one attached hydrogen (secondary N) is 2. The van der Waals surface area contributed by atoms with Gasteiger partial charge >= 0.3 is 0 Å². The van der Waals surface area contributed by atoms with Gasteiger partial charge in [-0.15, -0.1) is 0 Å². The van der Waals surface area contributed by atoms with Gasteiger partial charge in [0.05, 0.1) is 12.4 Å². The molecular weight excluding hydrogens is 352 g/mol. The van der Waals surface area contributed by atoms with E-state index in [-0.39, 0.29) is 28.6 Å². The fraction of sp³-hybridized carbons (Fsp3) is 0.368. The lowest BCUT2D eigenvalue weighted by Crippen LogP contribution is -2.30. The molecule has 7 heteroatoms. The predicted octanol–water partition coefficient (Wildman–Crippen LogP) is 1.77. The molecule has 2 aromatic rings. The van der Waals surface area contributed by atoms with E-state index in [0.717, 1.165) is 18.4 Å². The molecule has 0 bridgehead atoms. The molecule has 0 aliphatic carbocycles. The number of carbonyl (C=O) groups is 1. The van der Waals surface area contributed by atoms with Gasteiger partial charge in [-0.3, -0.25) is 13.8 Å². The highest BCUT2D eigenvalue weighted by Crippen LogP contribution is 2.05. The minimum atomic E-state index is -1.39. The Morgan fingerprint density at radius 1 is 1.27 bits per heavy atom. The Balaban J connectivity index is 1.76. The van der Waals surface area contributed by atoms with E-state index in [1.54, 1.807) is 0 Å². The van der Waals surface area contributed by atoms with Gasteiger partial charge in [-0.25, -0.2) is 0 Å². The van der Waals surface area contributed by atoms with Crippen molar-refractivity contribution in [1.29, 1.82) is 0 Å². The molecular formula is C19H24N2O4S. The number of rotatable bonds is 10. The van der Waals surface area contributed by atoms with E-state index in [9.17, 15) is 13.8 Å². The Hall–Kier alpha value is -2.41. The zero-order valence-electron chi connectivity index (χ0n) is 14.8. The van der Waals surface area contributed by atoms with Crippen molar-refractivity contribution in [3.63, 3.8) is 0 Å². The standard InChI is InChI=1S/C19H24N2O4S/c1-2-10-25-18-12-21-16(11-17(18)22)13-26(24)14-19(23)20-9-8-15-6-4-3-5-7-15/h3-7,11-12H,2,8-10,13-14H2,1H3,(H,20,23)(H,21,22). The lowest BCUT2D eigenvalue weighted by Gasteiger charge is -2.07. The monoisotopic (exact) mass is 376 g/mol. The molecule has 0 aliphatic rings. The van der Waals surface area contributed by atoms with Gasteiger partial charge in [-0.1, -0.05) is 37.3 Å². The van der Waals surface area contributed by atoms with Crippen molar-refractivity contribution in [2.24, 2.45) is 0 Å². The first-order valence-corrected chi connectivity index (χ1v) is 10.1. The van der Waals surface area contributed by atoms with E-state index < -0.39 is 10.8 Å². The maximum absolute atomic E-state index is 12.1. The first kappa shape index (κ1) is 19.9. The Labute approximate surface area is 155 Å². The molecule has 2 rings (SSSR count). The minimum Gasteiger partial charge on any atom is -0.488 e. The summed E-state index contributed by atoms with van der Waals surface area (Å²) in [6.07, 6.45) is 3.01. The largest absolute Gasteiger partial charge is 0.488 e. The van der Waals surface area contributed by atoms with Crippen molar-refractivity contribution in [3.05, 3.63) is 64.1 Å². The molecule has 0 fully saturated rings. The molecule has 0 aliphatic heterocycles. The number of aromatic amines is 1. The van der Waals surface area contributed by atoms with Crippen LogP contribution < -0.4 is 15.5 Å². The Kier molecular flexibility index (Phi) is 8.08. The van der Waals surface area contributed by atoms with Gasteiger partial charge in [0.1, 0.15) is 5.75 Å². The third-order valence-electron chi connectivity index (χ3n) is 3.59. The van der Waals surface area contributed by atoms with Crippen molar-refractivity contribution >= 4 is 16.7 Å². The summed E-state index contributed by atoms with van der Waals surface area (Å²) in [4.78, 5) is 26.7. The normalized spacial score (nSPS) is 11.7. The Bertz CT molecular complexity index is 790. The van der Waals surface area contributed by atoms with E-state index >= 15 is 0 Å². The lowest BCUT2D eigenvalue weighted by atomic mass is 10.1. The molecule has 1 unspecified atom stereocenters. The average molecular weight is 376 g/mol. The highest BCUT2D eigenvalue weighted by Gasteiger charge is 2.10. The average Bonchev–Trinajstić information content (AvgIpc) is 2.62. The summed E-state index contributed by atoms with van der Waals surface area (Å²) in [5.41, 5.74) is 1.41. The SMILES string of the molecule is CCCOc1c[nH]c(CS(=O)CC(=O)NCCc2ccccc2)cc1=O. The van der Waals surface area contributed by atoms with Crippen molar-refractivity contribution in [2.45, 2.75) is 25.5 Å². The highest BCUT2D eigenvalue weighted by atomic mass is 32.2. The number of amides is 1. The first-order valence-electron chi connectivity index (χ1n) is 8.58. The van der Waals surface area contributed by atoms with Crippen LogP contribution in [0.2, 0.25) is 0 Å². The highest BCUT2D eigenvalue weighted by molar-refractivity contribution is 7.84. The molecule has 1 amide bonds. The van der Waals surface area contributed by atoms with Crippen LogP contribution in [0.5, 0.6) is 5.75 Å². The molecule has 0 saturated carbocycles. The topological polar surface area (TPSA) is 88.3 Å². The van der Waals surface area contributed by atoms with Crippen molar-refractivity contribution in [3.8, 4) is 5.75 Å². The molecule has 0 spiro atoms. The number of ether oxygens (including phenoxy) is 1. The smallest absolute Gasteiger partial charge is 0.232 e. The molecule has 6 nitrogen and oxygen atoms in total. The minimum absolute atomic E-state index is 0.0924. The van der Waals surface area contributed by atoms with Gasteiger partial charge in [0.15, 0.2) is 5.75 Å². The third kappa shape index (κ3) is 6.84. The molecule has 1 aromatic carbocycles. The lowest BCUT2D eigenvalue weighted by molar-refractivity contribution is -0.118. The summed E-state index contributed by atoms with van der Waals surface area (Å²) in [6.45, 7) is 2.93. The Morgan fingerprint density at radius 2 is 2.04 bits per heavy atom. The summed E-state index contributed by atoms with van der Waals surface area (Å²) in [7, 11) is -1.39. The van der Waals surface area contributed by atoms with Crippen LogP contribution in [-0.4, -0.2) is 34.0 Å². The second-order valence-electron chi connectivity index (χ2n) is 5.85. The van der Waals surface area contributed by atoms with Gasteiger partial charge in [0.2, 0.25) is 11.3 Å². The van der Waals surface area contributed by atoms with E-state index in [2.05, 4.69) is 10.3 Å². The van der Waals surface area contributed by atoms with Crippen LogP contribution in [0.3, 0.4) is 0 Å². The quantitative estimate of drug-likeness (QED) is 0.661. The molecule has 140 valence electrons. The van der Waals surface area contributed by atoms with Gasteiger partial charge in [0, 0.05) is 35.3 Å². The summed E-state index contributed by atoms with van der Waals surface area (Å²) in [5, 5.41) is 2.77. The van der Waals surface area contributed by atoms with Gasteiger partial charge < -0.3 is 15.0 Å². The van der Waals surface area contributed by atoms with Gasteiger partial charge in [0.25, 0.3) is 0 Å². The van der Waals surface area contributed by atoms with Gasteiger partial charge in [-0.2, -0.15) is 0 Å². The number of aromatic nitrogens is 1. The number of hydrogen-bond donors (Lipinski definition) is 2. The summed E-state index contributed by atoms with van der Waals surface area (Å²) >= 11 is 0. The molecule has 0 saturated heterocycles. The second-order valence-corrected chi connectivity index (χ2v) is 7.31. The van der Waals surface area contributed by atoms with Crippen LogP contribution in [0, 0.1) is 0 Å². The van der Waals surface area contributed by atoms with E-state index in [0.29, 0.717) is 18.8 Å².